The van der Waals surface area contributed by atoms with Gasteiger partial charge in [0.2, 0.25) is 11.7 Å². The highest BCUT2D eigenvalue weighted by Gasteiger charge is 2.55. The van der Waals surface area contributed by atoms with E-state index in [0.717, 1.165) is 0 Å². The third kappa shape index (κ3) is 8.19. The largest absolute Gasteiger partial charge is 0.507 e. The molecule has 2 aliphatic carbocycles. The van der Waals surface area contributed by atoms with Crippen LogP contribution >= 0.6 is 0 Å². The summed E-state index contributed by atoms with van der Waals surface area (Å²) in [5.41, 5.74) is -3.98. The molecule has 8 N–H and O–H groups in total. The van der Waals surface area contributed by atoms with E-state index in [1.807, 2.05) is 0 Å². The van der Waals surface area contributed by atoms with Crippen LogP contribution in [0.25, 0.3) is 0 Å². The number of aliphatic hydroxyl groups is 5. The van der Waals surface area contributed by atoms with Crippen LogP contribution in [0.4, 0.5) is 0 Å². The Bertz CT molecular complexity index is 2140. The number of fused-ring (bicyclic) bond motifs is 6. The van der Waals surface area contributed by atoms with E-state index in [9.17, 15) is 54.9 Å². The summed E-state index contributed by atoms with van der Waals surface area (Å²) in [4.78, 5) is 56.8. The fourth-order valence-electron chi connectivity index (χ4n) is 9.53. The number of Topliss-reactive ketones (excluding diaryl/α,β-unsaturated/α-hetero) is 1. The van der Waals surface area contributed by atoms with Crippen molar-refractivity contribution in [3.8, 4) is 17.2 Å². The molecule has 0 spiro atoms. The van der Waals surface area contributed by atoms with Crippen LogP contribution in [0.3, 0.4) is 0 Å². The Morgan fingerprint density at radius 2 is 1.72 bits per heavy atom. The van der Waals surface area contributed by atoms with Gasteiger partial charge in [0.15, 0.2) is 36.7 Å². The normalized spacial score (nSPS) is 34.6. The summed E-state index contributed by atoms with van der Waals surface area (Å²) in [5.74, 6) is -4.64. The van der Waals surface area contributed by atoms with E-state index in [4.69, 9.17) is 42.6 Å². The third-order valence-electron chi connectivity index (χ3n) is 12.7. The number of benzene rings is 2. The Hall–Kier alpha value is -4.24. The molecule has 2 aromatic carbocycles. The van der Waals surface area contributed by atoms with E-state index in [0.29, 0.717) is 13.2 Å². The highest BCUT2D eigenvalue weighted by molar-refractivity contribution is 6.31. The second-order valence-corrected chi connectivity index (χ2v) is 16.5. The molecule has 3 unspecified atom stereocenters. The van der Waals surface area contributed by atoms with Crippen molar-refractivity contribution in [2.75, 3.05) is 60.3 Å². The fourth-order valence-corrected chi connectivity index (χ4v) is 9.53. The van der Waals surface area contributed by atoms with Crippen molar-refractivity contribution >= 4 is 23.3 Å². The molecule has 4 heterocycles. The lowest BCUT2D eigenvalue weighted by Crippen LogP contribution is -2.59. The molecular formula is C42H52N2O20. The maximum atomic E-state index is 14.2. The molecule has 0 radical (unpaired) electrons. The monoisotopic (exact) mass is 904 g/mol. The average molecular weight is 905 g/mol. The van der Waals surface area contributed by atoms with E-state index < -0.39 is 152 Å². The maximum Gasteiger partial charge on any atom is 0.246 e. The first-order valence-electron chi connectivity index (χ1n) is 20.9. The molecule has 2 aromatic rings. The number of hydrogen-bond acceptors (Lipinski definition) is 21. The van der Waals surface area contributed by atoms with Crippen LogP contribution in [0.2, 0.25) is 0 Å². The van der Waals surface area contributed by atoms with Gasteiger partial charge in [0, 0.05) is 62.2 Å². The Labute approximate surface area is 365 Å². The SMILES string of the molecule is COc1cccc2c1C(=O)c1c(O)c3c(c(O)c1C2=O)C[C@@](O)(C(=O)COCC(=O)NCCO[C@@H]1OC(CO)[C@@H](O)C(O)C1O)C[C@@H]3O[C@H]1C[C@H]2[C@H](O[C@@H]3[C@@H](OC)OCCN32)[C@H](C)O1. The minimum absolute atomic E-state index is 0.0658. The first kappa shape index (κ1) is 46.3. The standard InChI is InChI=1S/C42H52N2O20/c1-17-38-20(44-8-10-60-41(57-3)39(44)64-38)11-26(61-17)62-22-13-42(55,24(46)15-58-16-25(47)43-7-9-59-40-37(54)36(53)33(50)23(14-45)63-40)12-19-28(22)35(52)30-29(32(19)49)31(48)18-5-4-6-21(56-2)27(18)34(30)51/h4-6,17,20,22-23,26,33,36-41,45,49-50,52-55H,7-16H2,1-3H3,(H,43,47)/t17-,20-,22-,23?,26-,33+,36?,37?,38+,39+,40+,41-,42-/m0/s1. The van der Waals surface area contributed by atoms with E-state index in [-0.39, 0.29) is 53.6 Å². The predicted octanol–water partition coefficient (Wildman–Crippen LogP) is -2.33. The number of phenolic OH excluding ortho intramolecular Hbond substituents is 2. The van der Waals surface area contributed by atoms with Crippen molar-refractivity contribution in [2.45, 2.75) is 106 Å². The van der Waals surface area contributed by atoms with Crippen molar-refractivity contribution in [3.05, 3.63) is 51.6 Å². The minimum atomic E-state index is -2.38. The molecule has 0 saturated carbocycles. The van der Waals surface area contributed by atoms with Crippen molar-refractivity contribution in [1.82, 2.24) is 10.2 Å². The molecular weight excluding hydrogens is 852 g/mol. The third-order valence-corrected chi connectivity index (χ3v) is 12.7. The molecule has 22 heteroatoms. The molecule has 0 bridgehead atoms. The lowest BCUT2D eigenvalue weighted by atomic mass is 9.72. The van der Waals surface area contributed by atoms with Gasteiger partial charge in [-0.15, -0.1) is 0 Å². The van der Waals surface area contributed by atoms with Gasteiger partial charge < -0.3 is 83.7 Å². The van der Waals surface area contributed by atoms with Crippen LogP contribution in [0, 0.1) is 0 Å². The number of hydrogen-bond donors (Lipinski definition) is 8. The summed E-state index contributed by atoms with van der Waals surface area (Å²) in [6.07, 6.45) is -13.1. The lowest BCUT2D eigenvalue weighted by Gasteiger charge is -2.43. The van der Waals surface area contributed by atoms with Crippen LogP contribution in [0.1, 0.15) is 68.8 Å². The molecule has 4 aliphatic heterocycles. The number of phenols is 2. The van der Waals surface area contributed by atoms with Crippen LogP contribution in [0.15, 0.2) is 18.2 Å². The number of amides is 1. The number of aliphatic hydroxyl groups excluding tert-OH is 4. The lowest BCUT2D eigenvalue weighted by molar-refractivity contribution is -0.300. The van der Waals surface area contributed by atoms with Crippen LogP contribution < -0.4 is 10.1 Å². The molecule has 1 amide bonds. The van der Waals surface area contributed by atoms with Crippen molar-refractivity contribution in [1.29, 1.82) is 0 Å². The molecule has 0 aromatic heterocycles. The van der Waals surface area contributed by atoms with Gasteiger partial charge in [0.1, 0.15) is 66.6 Å². The Balaban J connectivity index is 1.00. The second kappa shape index (κ2) is 18.6. The number of aromatic hydroxyl groups is 2. The number of carbonyl (C=O) groups excluding carboxylic acids is 4. The minimum Gasteiger partial charge on any atom is -0.507 e. The number of nitrogens with zero attached hydrogens (tertiary/aromatic N) is 1. The zero-order valence-corrected chi connectivity index (χ0v) is 35.1. The summed E-state index contributed by atoms with van der Waals surface area (Å²) >= 11 is 0. The number of nitrogens with one attached hydrogen (secondary N) is 1. The smallest absolute Gasteiger partial charge is 0.246 e. The van der Waals surface area contributed by atoms with Gasteiger partial charge in [0.05, 0.1) is 55.8 Å². The summed E-state index contributed by atoms with van der Waals surface area (Å²) in [7, 11) is 2.83. The van der Waals surface area contributed by atoms with E-state index in [1.165, 1.54) is 32.4 Å². The van der Waals surface area contributed by atoms with Crippen molar-refractivity contribution in [3.63, 3.8) is 0 Å². The predicted molar refractivity (Wildman–Crippen MR) is 210 cm³/mol. The maximum absolute atomic E-state index is 14.2. The number of ether oxygens (including phenoxy) is 9. The van der Waals surface area contributed by atoms with E-state index >= 15 is 0 Å². The average Bonchev–Trinajstić information content (AvgIpc) is 3.67. The van der Waals surface area contributed by atoms with Crippen LogP contribution in [-0.4, -0.2) is 198 Å². The molecule has 13 atom stereocenters. The molecule has 8 rings (SSSR count). The zero-order chi connectivity index (χ0) is 45.8. The highest BCUT2D eigenvalue weighted by Crippen LogP contribution is 2.53. The van der Waals surface area contributed by atoms with Gasteiger partial charge in [-0.05, 0) is 13.0 Å². The number of carbonyl (C=O) groups is 4. The summed E-state index contributed by atoms with van der Waals surface area (Å²) < 4.78 is 51.7. The second-order valence-electron chi connectivity index (χ2n) is 16.5. The van der Waals surface area contributed by atoms with E-state index in [2.05, 4.69) is 10.2 Å². The fraction of sp³-hybridized carbons (Fsp3) is 0.619. The van der Waals surface area contributed by atoms with Crippen LogP contribution in [-0.2, 0) is 53.9 Å². The number of morpholine rings is 1. The van der Waals surface area contributed by atoms with Gasteiger partial charge in [-0.25, -0.2) is 0 Å². The van der Waals surface area contributed by atoms with Gasteiger partial charge in [-0.1, -0.05) is 12.1 Å². The molecule has 4 fully saturated rings. The Morgan fingerprint density at radius 3 is 2.45 bits per heavy atom. The van der Waals surface area contributed by atoms with E-state index in [1.54, 1.807) is 6.92 Å². The molecule has 6 aliphatic rings. The Morgan fingerprint density at radius 1 is 0.953 bits per heavy atom. The Kier molecular flexibility index (Phi) is 13.4. The van der Waals surface area contributed by atoms with Gasteiger partial charge in [-0.3, -0.25) is 24.1 Å². The topological polar surface area (TPSA) is 308 Å². The quantitative estimate of drug-likeness (QED) is 0.0621. The first-order valence-corrected chi connectivity index (χ1v) is 20.9. The number of rotatable bonds is 14. The molecule has 4 saturated heterocycles. The molecule has 22 nitrogen and oxygen atoms in total. The van der Waals surface area contributed by atoms with Crippen molar-refractivity contribution < 1.29 is 97.6 Å². The van der Waals surface area contributed by atoms with Crippen LogP contribution in [0.5, 0.6) is 17.2 Å². The van der Waals surface area contributed by atoms with Gasteiger partial charge >= 0.3 is 0 Å². The van der Waals surface area contributed by atoms with Gasteiger partial charge in [0.25, 0.3) is 0 Å². The van der Waals surface area contributed by atoms with Gasteiger partial charge in [-0.2, -0.15) is 0 Å². The number of ketones is 3. The zero-order valence-electron chi connectivity index (χ0n) is 35.1. The van der Waals surface area contributed by atoms with Crippen molar-refractivity contribution in [2.24, 2.45) is 0 Å². The number of methoxy groups -OCH3 is 2. The molecule has 350 valence electrons. The summed E-state index contributed by atoms with van der Waals surface area (Å²) in [6.45, 7) is 0.164. The highest BCUT2D eigenvalue weighted by atomic mass is 16.7. The first-order chi connectivity index (χ1) is 30.6. The molecule has 64 heavy (non-hydrogen) atoms. The summed E-state index contributed by atoms with van der Waals surface area (Å²) in [5, 5.41) is 78.0. The summed E-state index contributed by atoms with van der Waals surface area (Å²) in [6, 6.07) is 4.09.